The number of carbonyl (C=O) groups excluding carboxylic acids is 1. The van der Waals surface area contributed by atoms with Gasteiger partial charge in [0, 0.05) is 37.8 Å². The standard InChI is InChI=1S/C23H27N5O5/c1-30-17-6-4-16(5-7-17)22-25-21(26-33-22)15-27-10-12-28(13-11-27)23(29)24-19-9-8-18(31-2)14-20(19)32-3/h4-9,14H,10-13,15H2,1-3H3,(H,24,29). The molecule has 0 unspecified atom stereocenters. The Morgan fingerprint density at radius 2 is 1.67 bits per heavy atom. The molecule has 1 fully saturated rings. The van der Waals surface area contributed by atoms with E-state index < -0.39 is 0 Å². The number of rotatable bonds is 7. The molecule has 0 saturated carbocycles. The van der Waals surface area contributed by atoms with Gasteiger partial charge < -0.3 is 29.0 Å². The van der Waals surface area contributed by atoms with Gasteiger partial charge in [0.15, 0.2) is 5.82 Å². The molecule has 1 aliphatic rings. The lowest BCUT2D eigenvalue weighted by atomic mass is 10.2. The number of aromatic nitrogens is 2. The first-order valence-corrected chi connectivity index (χ1v) is 10.6. The van der Waals surface area contributed by atoms with Gasteiger partial charge in [0.05, 0.1) is 33.6 Å². The van der Waals surface area contributed by atoms with E-state index >= 15 is 0 Å². The van der Waals surface area contributed by atoms with E-state index in [1.54, 1.807) is 44.4 Å². The molecule has 0 spiro atoms. The third-order valence-corrected chi connectivity index (χ3v) is 5.48. The Labute approximate surface area is 192 Å². The number of hydrogen-bond donors (Lipinski definition) is 1. The Balaban J connectivity index is 1.29. The average Bonchev–Trinajstić information content (AvgIpc) is 3.33. The summed E-state index contributed by atoms with van der Waals surface area (Å²) in [6.07, 6.45) is 0. The van der Waals surface area contributed by atoms with E-state index in [-0.39, 0.29) is 6.03 Å². The van der Waals surface area contributed by atoms with E-state index in [0.717, 1.165) is 11.3 Å². The van der Waals surface area contributed by atoms with Gasteiger partial charge in [0.1, 0.15) is 17.2 Å². The molecule has 1 saturated heterocycles. The minimum Gasteiger partial charge on any atom is -0.497 e. The molecule has 10 heteroatoms. The predicted octanol–water partition coefficient (Wildman–Crippen LogP) is 3.11. The van der Waals surface area contributed by atoms with Crippen LogP contribution in [0.3, 0.4) is 0 Å². The van der Waals surface area contributed by atoms with Crippen LogP contribution in [0.25, 0.3) is 11.5 Å². The minimum atomic E-state index is -0.167. The van der Waals surface area contributed by atoms with E-state index in [1.807, 2.05) is 24.3 Å². The number of ether oxygens (including phenoxy) is 3. The molecule has 3 aromatic rings. The monoisotopic (exact) mass is 453 g/mol. The van der Waals surface area contributed by atoms with Crippen LogP contribution in [0.4, 0.5) is 10.5 Å². The smallest absolute Gasteiger partial charge is 0.322 e. The topological polar surface area (TPSA) is 102 Å². The summed E-state index contributed by atoms with van der Waals surface area (Å²) in [6.45, 7) is 3.15. The summed E-state index contributed by atoms with van der Waals surface area (Å²) >= 11 is 0. The molecule has 10 nitrogen and oxygen atoms in total. The van der Waals surface area contributed by atoms with Crippen molar-refractivity contribution >= 4 is 11.7 Å². The lowest BCUT2D eigenvalue weighted by Crippen LogP contribution is -2.49. The Bertz CT molecular complexity index is 1080. The van der Waals surface area contributed by atoms with Crippen molar-refractivity contribution in [1.82, 2.24) is 19.9 Å². The maximum Gasteiger partial charge on any atom is 0.322 e. The van der Waals surface area contributed by atoms with E-state index in [4.69, 9.17) is 18.7 Å². The number of amides is 2. The molecule has 0 atom stereocenters. The lowest BCUT2D eigenvalue weighted by molar-refractivity contribution is 0.140. The zero-order chi connectivity index (χ0) is 23.2. The van der Waals surface area contributed by atoms with Crippen LogP contribution in [-0.2, 0) is 6.54 Å². The Hall–Kier alpha value is -3.79. The normalized spacial score (nSPS) is 14.1. The zero-order valence-corrected chi connectivity index (χ0v) is 18.9. The Morgan fingerprint density at radius 3 is 2.33 bits per heavy atom. The van der Waals surface area contributed by atoms with Crippen molar-refractivity contribution in [1.29, 1.82) is 0 Å². The average molecular weight is 453 g/mol. The summed E-state index contributed by atoms with van der Waals surface area (Å²) < 4.78 is 21.1. The van der Waals surface area contributed by atoms with Crippen LogP contribution < -0.4 is 19.5 Å². The van der Waals surface area contributed by atoms with Gasteiger partial charge in [-0.1, -0.05) is 5.16 Å². The predicted molar refractivity (Wildman–Crippen MR) is 122 cm³/mol. The van der Waals surface area contributed by atoms with Crippen LogP contribution in [0, 0.1) is 0 Å². The van der Waals surface area contributed by atoms with Crippen molar-refractivity contribution in [3.8, 4) is 28.7 Å². The summed E-state index contributed by atoms with van der Waals surface area (Å²) in [5, 5.41) is 7.01. The molecule has 2 amide bonds. The summed E-state index contributed by atoms with van der Waals surface area (Å²) in [6, 6.07) is 12.6. The number of nitrogens with one attached hydrogen (secondary N) is 1. The Morgan fingerprint density at radius 1 is 0.970 bits per heavy atom. The van der Waals surface area contributed by atoms with E-state index in [2.05, 4.69) is 20.4 Å². The third-order valence-electron chi connectivity index (χ3n) is 5.48. The number of urea groups is 1. The second kappa shape index (κ2) is 10.2. The number of nitrogens with zero attached hydrogens (tertiary/aromatic N) is 4. The molecular formula is C23H27N5O5. The second-order valence-electron chi connectivity index (χ2n) is 7.50. The maximum atomic E-state index is 12.7. The van der Waals surface area contributed by atoms with Gasteiger partial charge in [-0.05, 0) is 36.4 Å². The number of hydrogen-bond acceptors (Lipinski definition) is 8. The van der Waals surface area contributed by atoms with Crippen molar-refractivity contribution in [2.24, 2.45) is 0 Å². The summed E-state index contributed by atoms with van der Waals surface area (Å²) in [7, 11) is 4.77. The molecule has 0 aliphatic carbocycles. The van der Waals surface area contributed by atoms with Crippen LogP contribution in [0.1, 0.15) is 5.82 Å². The highest BCUT2D eigenvalue weighted by molar-refractivity contribution is 5.91. The highest BCUT2D eigenvalue weighted by Crippen LogP contribution is 2.29. The SMILES string of the molecule is COc1ccc(-c2nc(CN3CCN(C(=O)Nc4ccc(OC)cc4OC)CC3)no2)cc1. The van der Waals surface area contributed by atoms with Crippen molar-refractivity contribution in [2.75, 3.05) is 52.8 Å². The minimum absolute atomic E-state index is 0.167. The van der Waals surface area contributed by atoms with Crippen LogP contribution in [-0.4, -0.2) is 73.5 Å². The van der Waals surface area contributed by atoms with Gasteiger partial charge in [-0.15, -0.1) is 0 Å². The van der Waals surface area contributed by atoms with Crippen molar-refractivity contribution in [3.05, 3.63) is 48.3 Å². The summed E-state index contributed by atoms with van der Waals surface area (Å²) in [4.78, 5) is 21.2. The number of anilines is 1. The lowest BCUT2D eigenvalue weighted by Gasteiger charge is -2.34. The number of methoxy groups -OCH3 is 3. The second-order valence-corrected chi connectivity index (χ2v) is 7.50. The van der Waals surface area contributed by atoms with Crippen molar-refractivity contribution in [2.45, 2.75) is 6.54 Å². The van der Waals surface area contributed by atoms with Crippen molar-refractivity contribution < 1.29 is 23.5 Å². The third kappa shape index (κ3) is 5.35. The molecule has 2 heterocycles. The van der Waals surface area contributed by atoms with Gasteiger partial charge in [-0.3, -0.25) is 4.90 Å². The van der Waals surface area contributed by atoms with Gasteiger partial charge in [-0.2, -0.15) is 4.98 Å². The van der Waals surface area contributed by atoms with Crippen molar-refractivity contribution in [3.63, 3.8) is 0 Å². The molecule has 0 radical (unpaired) electrons. The molecule has 1 N–H and O–H groups in total. The fourth-order valence-electron chi connectivity index (χ4n) is 3.57. The first-order chi connectivity index (χ1) is 16.1. The molecule has 2 aromatic carbocycles. The van der Waals surface area contributed by atoms with Crippen LogP contribution in [0.5, 0.6) is 17.2 Å². The summed E-state index contributed by atoms with van der Waals surface area (Å²) in [5.41, 5.74) is 1.44. The number of benzene rings is 2. The van der Waals surface area contributed by atoms with Crippen LogP contribution >= 0.6 is 0 Å². The Kier molecular flexibility index (Phi) is 6.94. The molecular weight excluding hydrogens is 426 g/mol. The molecule has 1 aromatic heterocycles. The first-order valence-electron chi connectivity index (χ1n) is 10.6. The summed E-state index contributed by atoms with van der Waals surface area (Å²) in [5.74, 6) is 3.06. The largest absolute Gasteiger partial charge is 0.497 e. The van der Waals surface area contributed by atoms with Gasteiger partial charge in [-0.25, -0.2) is 4.79 Å². The molecule has 0 bridgehead atoms. The van der Waals surface area contributed by atoms with Gasteiger partial charge >= 0.3 is 6.03 Å². The van der Waals surface area contributed by atoms with E-state index in [9.17, 15) is 4.79 Å². The number of carbonyl (C=O) groups is 1. The van der Waals surface area contributed by atoms with E-state index in [1.165, 1.54) is 0 Å². The number of piperazine rings is 1. The fraction of sp³-hybridized carbons (Fsp3) is 0.348. The molecule has 33 heavy (non-hydrogen) atoms. The van der Waals surface area contributed by atoms with Gasteiger partial charge in [0.25, 0.3) is 5.89 Å². The van der Waals surface area contributed by atoms with Crippen LogP contribution in [0.2, 0.25) is 0 Å². The molecule has 174 valence electrons. The maximum absolute atomic E-state index is 12.7. The first kappa shape index (κ1) is 22.4. The van der Waals surface area contributed by atoms with Crippen LogP contribution in [0.15, 0.2) is 47.0 Å². The quantitative estimate of drug-likeness (QED) is 0.582. The highest BCUT2D eigenvalue weighted by atomic mass is 16.5. The highest BCUT2D eigenvalue weighted by Gasteiger charge is 2.23. The van der Waals surface area contributed by atoms with Gasteiger partial charge in [0.2, 0.25) is 0 Å². The van der Waals surface area contributed by atoms with E-state index in [0.29, 0.717) is 61.6 Å². The zero-order valence-electron chi connectivity index (χ0n) is 18.9. The molecule has 4 rings (SSSR count). The fourth-order valence-corrected chi connectivity index (χ4v) is 3.57. The molecule has 1 aliphatic heterocycles.